The summed E-state index contributed by atoms with van der Waals surface area (Å²) in [6.45, 7) is 1.57. The third-order valence-corrected chi connectivity index (χ3v) is 5.53. The molecule has 3 aromatic rings. The van der Waals surface area contributed by atoms with Crippen molar-refractivity contribution in [2.75, 3.05) is 19.6 Å². The van der Waals surface area contributed by atoms with Crippen LogP contribution in [0.5, 0.6) is 5.75 Å². The number of pyridine rings is 1. The lowest BCUT2D eigenvalue weighted by Crippen LogP contribution is -2.54. The minimum absolute atomic E-state index is 0.0245. The minimum atomic E-state index is -0.489. The molecule has 0 unspecified atom stereocenters. The molecular weight excluding hydrogens is 358 g/mol. The Morgan fingerprint density at radius 1 is 1.14 bits per heavy atom. The Morgan fingerprint density at radius 2 is 1.96 bits per heavy atom. The first-order chi connectivity index (χ1) is 13.6. The average molecular weight is 377 g/mol. The molecule has 1 spiro atoms. The zero-order valence-electron chi connectivity index (χ0n) is 15.2. The van der Waals surface area contributed by atoms with Crippen molar-refractivity contribution in [3.05, 3.63) is 60.0 Å². The Balaban J connectivity index is 1.33. The van der Waals surface area contributed by atoms with E-state index in [-0.39, 0.29) is 11.8 Å². The number of nitrogens with one attached hydrogen (secondary N) is 1. The van der Waals surface area contributed by atoms with Crippen LogP contribution in [0.15, 0.2) is 48.9 Å². The fourth-order valence-corrected chi connectivity index (χ4v) is 3.88. The maximum Gasteiger partial charge on any atom is 0.255 e. The predicted molar refractivity (Wildman–Crippen MR) is 100 cm³/mol. The average Bonchev–Trinajstić information content (AvgIpc) is 3.15. The number of hydrogen-bond acceptors (Lipinski definition) is 5. The van der Waals surface area contributed by atoms with Gasteiger partial charge in [0.1, 0.15) is 17.7 Å². The number of piperidine rings is 1. The van der Waals surface area contributed by atoms with Crippen molar-refractivity contribution in [2.24, 2.45) is 0 Å². The van der Waals surface area contributed by atoms with Gasteiger partial charge in [-0.3, -0.25) is 14.0 Å². The number of ether oxygens (including phenoxy) is 1. The van der Waals surface area contributed by atoms with Crippen molar-refractivity contribution in [1.29, 1.82) is 0 Å². The maximum absolute atomic E-state index is 12.9. The van der Waals surface area contributed by atoms with Crippen LogP contribution < -0.4 is 10.1 Å². The molecule has 2 aromatic heterocycles. The zero-order chi connectivity index (χ0) is 19.1. The van der Waals surface area contributed by atoms with Crippen LogP contribution in [0.4, 0.5) is 0 Å². The summed E-state index contributed by atoms with van der Waals surface area (Å²) in [7, 11) is 0. The SMILES string of the molecule is O=C1NCC2(CCN(C(=O)c3ccc4nncn4c3)CC2)Oc2ccccc21. The molecule has 1 saturated heterocycles. The minimum Gasteiger partial charge on any atom is -0.484 e. The molecule has 0 radical (unpaired) electrons. The molecule has 5 rings (SSSR count). The molecule has 1 aromatic carbocycles. The second kappa shape index (κ2) is 6.33. The monoisotopic (exact) mass is 377 g/mol. The van der Waals surface area contributed by atoms with Crippen LogP contribution in [-0.4, -0.2) is 56.5 Å². The number of nitrogens with zero attached hydrogens (tertiary/aromatic N) is 4. The van der Waals surface area contributed by atoms with Crippen LogP contribution in [0.25, 0.3) is 5.65 Å². The molecule has 0 aliphatic carbocycles. The van der Waals surface area contributed by atoms with Gasteiger partial charge in [-0.1, -0.05) is 12.1 Å². The van der Waals surface area contributed by atoms with Gasteiger partial charge >= 0.3 is 0 Å². The molecule has 2 aliphatic rings. The fraction of sp³-hybridized carbons (Fsp3) is 0.300. The summed E-state index contributed by atoms with van der Waals surface area (Å²) >= 11 is 0. The van der Waals surface area contributed by atoms with Crippen molar-refractivity contribution in [2.45, 2.75) is 18.4 Å². The first-order valence-corrected chi connectivity index (χ1v) is 9.29. The standard InChI is InChI=1S/C20H19N5O3/c26-18-15-3-1-2-4-16(15)28-20(12-21-18)7-9-24(10-8-20)19(27)14-5-6-17-23-22-13-25(17)11-14/h1-6,11,13H,7-10,12H2,(H,21,26). The number of carbonyl (C=O) groups is 2. The molecule has 8 heteroatoms. The van der Waals surface area contributed by atoms with Crippen LogP contribution in [0.3, 0.4) is 0 Å². The molecule has 8 nitrogen and oxygen atoms in total. The van der Waals surface area contributed by atoms with Gasteiger partial charge in [-0.05, 0) is 24.3 Å². The van der Waals surface area contributed by atoms with Gasteiger partial charge in [0.2, 0.25) is 0 Å². The van der Waals surface area contributed by atoms with E-state index in [4.69, 9.17) is 4.74 Å². The Bertz CT molecular complexity index is 1070. The second-order valence-electron chi connectivity index (χ2n) is 7.27. The lowest BCUT2D eigenvalue weighted by Gasteiger charge is -2.41. The molecular formula is C20H19N5O3. The maximum atomic E-state index is 12.9. The highest BCUT2D eigenvalue weighted by atomic mass is 16.5. The summed E-state index contributed by atoms with van der Waals surface area (Å²) in [4.78, 5) is 27.1. The van der Waals surface area contributed by atoms with E-state index < -0.39 is 5.60 Å². The van der Waals surface area contributed by atoms with E-state index >= 15 is 0 Å². The van der Waals surface area contributed by atoms with Gasteiger partial charge in [0, 0.05) is 32.1 Å². The van der Waals surface area contributed by atoms with Crippen molar-refractivity contribution in [1.82, 2.24) is 24.8 Å². The van der Waals surface area contributed by atoms with Gasteiger partial charge in [0.25, 0.3) is 11.8 Å². The first kappa shape index (κ1) is 16.7. The van der Waals surface area contributed by atoms with E-state index in [1.54, 1.807) is 35.1 Å². The van der Waals surface area contributed by atoms with Crippen molar-refractivity contribution in [3.8, 4) is 5.75 Å². The van der Waals surface area contributed by atoms with E-state index in [9.17, 15) is 9.59 Å². The number of likely N-dealkylation sites (tertiary alicyclic amines) is 1. The van der Waals surface area contributed by atoms with Crippen LogP contribution in [0.2, 0.25) is 0 Å². The van der Waals surface area contributed by atoms with Gasteiger partial charge in [-0.15, -0.1) is 10.2 Å². The largest absolute Gasteiger partial charge is 0.484 e. The van der Waals surface area contributed by atoms with Gasteiger partial charge in [-0.2, -0.15) is 0 Å². The molecule has 4 heterocycles. The Hall–Kier alpha value is -3.42. The number of hydrogen-bond donors (Lipinski definition) is 1. The van der Waals surface area contributed by atoms with Crippen molar-refractivity contribution < 1.29 is 14.3 Å². The summed E-state index contributed by atoms with van der Waals surface area (Å²) in [5.41, 5.74) is 1.37. The Kier molecular flexibility index (Phi) is 3.78. The second-order valence-corrected chi connectivity index (χ2v) is 7.27. The number of fused-ring (bicyclic) bond motifs is 2. The van der Waals surface area contributed by atoms with Gasteiger partial charge in [0.05, 0.1) is 17.7 Å². The molecule has 28 heavy (non-hydrogen) atoms. The van der Waals surface area contributed by atoms with Crippen molar-refractivity contribution >= 4 is 17.5 Å². The highest BCUT2D eigenvalue weighted by molar-refractivity contribution is 5.97. The molecule has 1 N–H and O–H groups in total. The van der Waals surface area contributed by atoms with Crippen molar-refractivity contribution in [3.63, 3.8) is 0 Å². The molecule has 0 atom stereocenters. The molecule has 142 valence electrons. The summed E-state index contributed by atoms with van der Waals surface area (Å²) in [5, 5.41) is 10.8. The van der Waals surface area contributed by atoms with E-state index in [0.29, 0.717) is 55.0 Å². The Labute approximate surface area is 161 Å². The van der Waals surface area contributed by atoms with E-state index in [0.717, 1.165) is 0 Å². The summed E-state index contributed by atoms with van der Waals surface area (Å²) < 4.78 is 8.03. The topological polar surface area (TPSA) is 88.8 Å². The number of para-hydroxylation sites is 1. The highest BCUT2D eigenvalue weighted by Crippen LogP contribution is 2.33. The molecule has 0 saturated carbocycles. The van der Waals surface area contributed by atoms with Crippen LogP contribution in [-0.2, 0) is 0 Å². The Morgan fingerprint density at radius 3 is 2.82 bits per heavy atom. The van der Waals surface area contributed by atoms with Gasteiger partial charge in [-0.25, -0.2) is 0 Å². The molecule has 0 bridgehead atoms. The number of rotatable bonds is 1. The summed E-state index contributed by atoms with van der Waals surface area (Å²) in [6.07, 6.45) is 4.64. The van der Waals surface area contributed by atoms with Crippen LogP contribution in [0, 0.1) is 0 Å². The molecule has 2 amide bonds. The zero-order valence-corrected chi connectivity index (χ0v) is 15.2. The van der Waals surface area contributed by atoms with E-state index in [1.807, 2.05) is 23.1 Å². The quantitative estimate of drug-likeness (QED) is 0.695. The number of carbonyl (C=O) groups excluding carboxylic acids is 2. The third-order valence-electron chi connectivity index (χ3n) is 5.53. The molecule has 2 aliphatic heterocycles. The van der Waals surface area contributed by atoms with Gasteiger partial charge in [0.15, 0.2) is 5.65 Å². The molecule has 1 fully saturated rings. The number of benzene rings is 1. The van der Waals surface area contributed by atoms with E-state index in [1.165, 1.54) is 0 Å². The van der Waals surface area contributed by atoms with Gasteiger partial charge < -0.3 is 15.0 Å². The number of amides is 2. The highest BCUT2D eigenvalue weighted by Gasteiger charge is 2.41. The van der Waals surface area contributed by atoms with Crippen LogP contribution >= 0.6 is 0 Å². The normalized spacial score (nSPS) is 18.3. The fourth-order valence-electron chi connectivity index (χ4n) is 3.88. The predicted octanol–water partition coefficient (Wildman–Crippen LogP) is 1.53. The van der Waals surface area contributed by atoms with E-state index in [2.05, 4.69) is 15.5 Å². The third kappa shape index (κ3) is 2.77. The number of aromatic nitrogens is 3. The summed E-state index contributed by atoms with van der Waals surface area (Å²) in [6, 6.07) is 10.8. The summed E-state index contributed by atoms with van der Waals surface area (Å²) in [5.74, 6) is 0.465. The smallest absolute Gasteiger partial charge is 0.255 e. The lowest BCUT2D eigenvalue weighted by molar-refractivity contribution is 0.00770. The lowest BCUT2D eigenvalue weighted by atomic mass is 9.90. The first-order valence-electron chi connectivity index (χ1n) is 9.29. The van der Waals surface area contributed by atoms with Crippen LogP contribution in [0.1, 0.15) is 33.6 Å².